The van der Waals surface area contributed by atoms with Crippen molar-refractivity contribution in [1.82, 2.24) is 4.90 Å². The molecule has 0 aromatic rings. The van der Waals surface area contributed by atoms with Crippen molar-refractivity contribution in [3.05, 3.63) is 0 Å². The number of morpholine rings is 1. The molecule has 0 aromatic carbocycles. The monoisotopic (exact) mass is 186 g/mol. The SMILES string of the molecule is CC(CC[C@H](C)N)N1CCOCC1. The van der Waals surface area contributed by atoms with Crippen molar-refractivity contribution in [1.29, 1.82) is 0 Å². The molecule has 0 bridgehead atoms. The predicted octanol–water partition coefficient (Wildman–Crippen LogP) is 0.834. The molecule has 1 heterocycles. The average molecular weight is 186 g/mol. The van der Waals surface area contributed by atoms with E-state index in [9.17, 15) is 0 Å². The minimum atomic E-state index is 0.337. The zero-order valence-electron chi connectivity index (χ0n) is 8.83. The van der Waals surface area contributed by atoms with Gasteiger partial charge in [0.1, 0.15) is 0 Å². The Morgan fingerprint density at radius 2 is 1.85 bits per heavy atom. The summed E-state index contributed by atoms with van der Waals surface area (Å²) in [7, 11) is 0. The lowest BCUT2D eigenvalue weighted by Crippen LogP contribution is -2.42. The van der Waals surface area contributed by atoms with Crippen molar-refractivity contribution in [3.8, 4) is 0 Å². The van der Waals surface area contributed by atoms with Crippen LogP contribution in [0.5, 0.6) is 0 Å². The minimum absolute atomic E-state index is 0.337. The van der Waals surface area contributed by atoms with Gasteiger partial charge in [0.25, 0.3) is 0 Å². The number of hydrogen-bond acceptors (Lipinski definition) is 3. The highest BCUT2D eigenvalue weighted by atomic mass is 16.5. The first-order valence-corrected chi connectivity index (χ1v) is 5.27. The summed E-state index contributed by atoms with van der Waals surface area (Å²) in [4.78, 5) is 2.49. The van der Waals surface area contributed by atoms with Crippen LogP contribution < -0.4 is 5.73 Å². The lowest BCUT2D eigenvalue weighted by Gasteiger charge is -2.32. The molecule has 13 heavy (non-hydrogen) atoms. The van der Waals surface area contributed by atoms with Crippen molar-refractivity contribution in [2.45, 2.75) is 38.8 Å². The van der Waals surface area contributed by atoms with E-state index in [1.165, 1.54) is 6.42 Å². The molecule has 0 aliphatic carbocycles. The van der Waals surface area contributed by atoms with Crippen LogP contribution >= 0.6 is 0 Å². The van der Waals surface area contributed by atoms with E-state index in [0.29, 0.717) is 12.1 Å². The van der Waals surface area contributed by atoms with Gasteiger partial charge in [-0.25, -0.2) is 0 Å². The fraction of sp³-hybridized carbons (Fsp3) is 1.00. The van der Waals surface area contributed by atoms with Gasteiger partial charge in [0.05, 0.1) is 13.2 Å². The average Bonchev–Trinajstić information content (AvgIpc) is 2.15. The van der Waals surface area contributed by atoms with E-state index < -0.39 is 0 Å². The van der Waals surface area contributed by atoms with E-state index in [-0.39, 0.29) is 0 Å². The summed E-state index contributed by atoms with van der Waals surface area (Å²) in [5, 5.41) is 0. The smallest absolute Gasteiger partial charge is 0.0594 e. The lowest BCUT2D eigenvalue weighted by atomic mass is 10.1. The molecular formula is C10H22N2O. The van der Waals surface area contributed by atoms with Crippen molar-refractivity contribution in [2.24, 2.45) is 5.73 Å². The van der Waals surface area contributed by atoms with Gasteiger partial charge in [-0.2, -0.15) is 0 Å². The molecule has 78 valence electrons. The highest BCUT2D eigenvalue weighted by Gasteiger charge is 2.16. The third-order valence-electron chi connectivity index (χ3n) is 2.71. The Morgan fingerprint density at radius 1 is 1.23 bits per heavy atom. The third-order valence-corrected chi connectivity index (χ3v) is 2.71. The Balaban J connectivity index is 2.17. The van der Waals surface area contributed by atoms with Gasteiger partial charge in [0.15, 0.2) is 0 Å². The maximum atomic E-state index is 5.73. The second kappa shape index (κ2) is 5.58. The number of nitrogens with zero attached hydrogens (tertiary/aromatic N) is 1. The van der Waals surface area contributed by atoms with Crippen LogP contribution in [-0.4, -0.2) is 43.3 Å². The van der Waals surface area contributed by atoms with Crippen molar-refractivity contribution in [3.63, 3.8) is 0 Å². The molecule has 3 nitrogen and oxygen atoms in total. The van der Waals surface area contributed by atoms with Crippen LogP contribution in [0.4, 0.5) is 0 Å². The Kier molecular flexibility index (Phi) is 4.70. The van der Waals surface area contributed by atoms with Crippen LogP contribution in [0.3, 0.4) is 0 Å². The highest BCUT2D eigenvalue weighted by Crippen LogP contribution is 2.09. The van der Waals surface area contributed by atoms with Crippen molar-refractivity contribution in [2.75, 3.05) is 26.3 Å². The normalized spacial score (nSPS) is 24.2. The third kappa shape index (κ3) is 4.07. The number of hydrogen-bond donors (Lipinski definition) is 1. The molecule has 0 spiro atoms. The summed E-state index contributed by atoms with van der Waals surface area (Å²) in [6.45, 7) is 8.31. The Hall–Kier alpha value is -0.120. The molecule has 1 saturated heterocycles. The summed E-state index contributed by atoms with van der Waals surface area (Å²) in [5.41, 5.74) is 5.73. The summed E-state index contributed by atoms with van der Waals surface area (Å²) in [6.07, 6.45) is 2.33. The van der Waals surface area contributed by atoms with Crippen LogP contribution in [0.1, 0.15) is 26.7 Å². The molecule has 1 aliphatic rings. The Morgan fingerprint density at radius 3 is 2.38 bits per heavy atom. The second-order valence-corrected chi connectivity index (χ2v) is 4.05. The zero-order chi connectivity index (χ0) is 9.68. The van der Waals surface area contributed by atoms with E-state index >= 15 is 0 Å². The van der Waals surface area contributed by atoms with Crippen molar-refractivity contribution >= 4 is 0 Å². The van der Waals surface area contributed by atoms with E-state index in [1.807, 2.05) is 0 Å². The predicted molar refractivity (Wildman–Crippen MR) is 54.7 cm³/mol. The first-order chi connectivity index (χ1) is 6.20. The minimum Gasteiger partial charge on any atom is -0.379 e. The van der Waals surface area contributed by atoms with Gasteiger partial charge >= 0.3 is 0 Å². The molecule has 1 fully saturated rings. The summed E-state index contributed by atoms with van der Waals surface area (Å²) < 4.78 is 5.31. The molecule has 1 unspecified atom stereocenters. The fourth-order valence-corrected chi connectivity index (χ4v) is 1.70. The quantitative estimate of drug-likeness (QED) is 0.707. The van der Waals surface area contributed by atoms with Crippen LogP contribution in [0, 0.1) is 0 Å². The van der Waals surface area contributed by atoms with Gasteiger partial charge in [0.2, 0.25) is 0 Å². The maximum absolute atomic E-state index is 5.73. The molecular weight excluding hydrogens is 164 g/mol. The highest BCUT2D eigenvalue weighted by molar-refractivity contribution is 4.71. The standard InChI is InChI=1S/C10H22N2O/c1-9(11)3-4-10(2)12-5-7-13-8-6-12/h9-10H,3-8,11H2,1-2H3/t9-,10?/m0/s1. The van der Waals surface area contributed by atoms with Gasteiger partial charge in [-0.1, -0.05) is 0 Å². The summed E-state index contributed by atoms with van der Waals surface area (Å²) in [6, 6.07) is 0.999. The number of ether oxygens (including phenoxy) is 1. The molecule has 1 rings (SSSR count). The molecule has 0 aromatic heterocycles. The first kappa shape index (κ1) is 11.0. The van der Waals surface area contributed by atoms with Gasteiger partial charge in [-0.3, -0.25) is 4.90 Å². The van der Waals surface area contributed by atoms with Crippen LogP contribution in [0.25, 0.3) is 0 Å². The summed E-state index contributed by atoms with van der Waals surface area (Å²) in [5.74, 6) is 0. The number of rotatable bonds is 4. The lowest BCUT2D eigenvalue weighted by molar-refractivity contribution is 0.0180. The Labute approximate surface area is 81.2 Å². The molecule has 0 radical (unpaired) electrons. The Bertz CT molecular complexity index is 133. The van der Waals surface area contributed by atoms with E-state index in [1.54, 1.807) is 0 Å². The van der Waals surface area contributed by atoms with E-state index in [2.05, 4.69) is 18.7 Å². The maximum Gasteiger partial charge on any atom is 0.0594 e. The van der Waals surface area contributed by atoms with Crippen LogP contribution in [-0.2, 0) is 4.74 Å². The largest absolute Gasteiger partial charge is 0.379 e. The molecule has 0 amide bonds. The fourth-order valence-electron chi connectivity index (χ4n) is 1.70. The van der Waals surface area contributed by atoms with Crippen LogP contribution in [0.15, 0.2) is 0 Å². The second-order valence-electron chi connectivity index (χ2n) is 4.05. The van der Waals surface area contributed by atoms with Crippen LogP contribution in [0.2, 0.25) is 0 Å². The van der Waals surface area contributed by atoms with Gasteiger partial charge < -0.3 is 10.5 Å². The first-order valence-electron chi connectivity index (χ1n) is 5.27. The topological polar surface area (TPSA) is 38.5 Å². The zero-order valence-corrected chi connectivity index (χ0v) is 8.83. The summed E-state index contributed by atoms with van der Waals surface area (Å²) >= 11 is 0. The van der Waals surface area contributed by atoms with Gasteiger partial charge in [-0.15, -0.1) is 0 Å². The number of nitrogens with two attached hydrogens (primary N) is 1. The molecule has 1 aliphatic heterocycles. The van der Waals surface area contributed by atoms with E-state index in [0.717, 1.165) is 32.7 Å². The van der Waals surface area contributed by atoms with Gasteiger partial charge in [-0.05, 0) is 26.7 Å². The molecule has 0 saturated carbocycles. The van der Waals surface area contributed by atoms with E-state index in [4.69, 9.17) is 10.5 Å². The molecule has 3 heteroatoms. The van der Waals surface area contributed by atoms with Gasteiger partial charge in [0, 0.05) is 25.2 Å². The molecule has 2 atom stereocenters. The van der Waals surface area contributed by atoms with Crippen molar-refractivity contribution < 1.29 is 4.74 Å². The molecule has 2 N–H and O–H groups in total.